The van der Waals surface area contributed by atoms with Gasteiger partial charge in [0.1, 0.15) is 37.1 Å². The fraction of sp³-hybridized carbons (Fsp3) is 0.388. The minimum Gasteiger partial charge on any atom is -0.394 e. The molecule has 1 saturated heterocycles. The maximum Gasteiger partial charge on any atom is 0.697 e. The van der Waals surface area contributed by atoms with Crippen LogP contribution in [0.2, 0.25) is 0 Å². The van der Waals surface area contributed by atoms with Gasteiger partial charge < -0.3 is 43.0 Å². The number of benzene rings is 5. The summed E-state index contributed by atoms with van der Waals surface area (Å²) in [5, 5.41) is 14.4. The average molecular weight is 911 g/mol. The first-order chi connectivity index (χ1) is 32.1. The molecule has 0 bridgehead atoms. The largest absolute Gasteiger partial charge is 0.697 e. The van der Waals surface area contributed by atoms with Gasteiger partial charge in [0, 0.05) is 16.0 Å². The summed E-state index contributed by atoms with van der Waals surface area (Å²) in [7, 11) is -2.71. The molecule has 16 heteroatoms. The van der Waals surface area contributed by atoms with Crippen molar-refractivity contribution in [2.24, 2.45) is 5.11 Å². The minimum absolute atomic E-state index is 0.0347. The molecule has 1 aliphatic rings. The van der Waals surface area contributed by atoms with E-state index in [1.807, 2.05) is 152 Å². The van der Waals surface area contributed by atoms with Gasteiger partial charge in [-0.15, -0.1) is 9.05 Å². The van der Waals surface area contributed by atoms with Gasteiger partial charge in [0.25, 0.3) is 0 Å². The van der Waals surface area contributed by atoms with Gasteiger partial charge >= 0.3 is 8.25 Å². The molecule has 15 nitrogen and oxygen atoms in total. The second-order valence-corrected chi connectivity index (χ2v) is 15.9. The van der Waals surface area contributed by atoms with Gasteiger partial charge in [-0.1, -0.05) is 157 Å². The molecule has 1 heterocycles. The van der Waals surface area contributed by atoms with Crippen molar-refractivity contribution in [3.63, 3.8) is 0 Å². The predicted molar refractivity (Wildman–Crippen MR) is 241 cm³/mol. The fourth-order valence-electron chi connectivity index (χ4n) is 6.90. The molecule has 344 valence electrons. The number of rotatable bonds is 31. The lowest BCUT2D eigenvalue weighted by molar-refractivity contribution is -0.222. The highest BCUT2D eigenvalue weighted by atomic mass is 31.1. The van der Waals surface area contributed by atoms with Crippen LogP contribution in [0.3, 0.4) is 0 Å². The lowest BCUT2D eigenvalue weighted by atomic mass is 10.1. The molecule has 5 aromatic carbocycles. The highest BCUT2D eigenvalue weighted by Crippen LogP contribution is 2.37. The first kappa shape index (κ1) is 49.5. The first-order valence-corrected chi connectivity index (χ1v) is 22.7. The molecule has 8 atom stereocenters. The molecular weight excluding hydrogens is 854 g/mol. The van der Waals surface area contributed by atoms with Crippen LogP contribution in [0.15, 0.2) is 157 Å². The Bertz CT molecular complexity index is 2090. The Morgan fingerprint density at radius 2 is 1.11 bits per heavy atom. The SMILES string of the molecule is [N-]=[N+]=NCCOCCO[P+](=O)OC1C(COCc2ccccc2)OC(OCC(OCc2ccccc2)C(OCc2ccccc2)C(CO)OCc2ccccc2)C1OCc1ccccc1. The van der Waals surface area contributed by atoms with Crippen molar-refractivity contribution in [2.75, 3.05) is 46.2 Å². The topological polar surface area (TPSA) is 178 Å². The molecule has 0 amide bonds. The third-order valence-electron chi connectivity index (χ3n) is 10.2. The Labute approximate surface area is 381 Å². The second-order valence-electron chi connectivity index (χ2n) is 14.9. The molecule has 8 unspecified atom stereocenters. The Balaban J connectivity index is 1.25. The molecule has 0 saturated carbocycles. The van der Waals surface area contributed by atoms with Crippen LogP contribution in [-0.4, -0.2) is 94.2 Å². The van der Waals surface area contributed by atoms with E-state index in [0.717, 1.165) is 27.8 Å². The lowest BCUT2D eigenvalue weighted by Gasteiger charge is -2.34. The summed E-state index contributed by atoms with van der Waals surface area (Å²) in [5.74, 6) is 0. The maximum atomic E-state index is 13.5. The Hall–Kier alpha value is -4.93. The van der Waals surface area contributed by atoms with Crippen molar-refractivity contribution in [2.45, 2.75) is 75.9 Å². The van der Waals surface area contributed by atoms with Crippen LogP contribution in [0, 0.1) is 0 Å². The normalized spacial score (nSPS) is 18.7. The molecule has 5 aromatic rings. The van der Waals surface area contributed by atoms with Crippen LogP contribution >= 0.6 is 8.25 Å². The van der Waals surface area contributed by atoms with E-state index in [4.69, 9.17) is 52.5 Å². The third-order valence-corrected chi connectivity index (χ3v) is 11.0. The Morgan fingerprint density at radius 1 is 0.600 bits per heavy atom. The molecule has 0 radical (unpaired) electrons. The van der Waals surface area contributed by atoms with E-state index in [-0.39, 0.29) is 79.2 Å². The molecule has 65 heavy (non-hydrogen) atoms. The molecule has 1 N–H and O–H groups in total. The zero-order valence-electron chi connectivity index (χ0n) is 36.2. The number of aliphatic hydroxyl groups excluding tert-OH is 1. The summed E-state index contributed by atoms with van der Waals surface area (Å²) in [4.78, 5) is 2.71. The van der Waals surface area contributed by atoms with Crippen LogP contribution in [0.4, 0.5) is 0 Å². The van der Waals surface area contributed by atoms with Crippen molar-refractivity contribution in [1.82, 2.24) is 0 Å². The van der Waals surface area contributed by atoms with Crippen LogP contribution in [0.25, 0.3) is 10.4 Å². The van der Waals surface area contributed by atoms with Gasteiger partial charge in [-0.2, -0.15) is 0 Å². The summed E-state index contributed by atoms with van der Waals surface area (Å²) >= 11 is 0. The quantitative estimate of drug-likeness (QED) is 0.0147. The molecule has 0 aromatic heterocycles. The van der Waals surface area contributed by atoms with Crippen LogP contribution in [0.1, 0.15) is 27.8 Å². The number of hydrogen-bond acceptors (Lipinski definition) is 13. The van der Waals surface area contributed by atoms with Gasteiger partial charge in [-0.25, -0.2) is 0 Å². The van der Waals surface area contributed by atoms with Gasteiger partial charge in [-0.05, 0) is 33.3 Å². The maximum absolute atomic E-state index is 13.5. The predicted octanol–water partition coefficient (Wildman–Crippen LogP) is 8.66. The number of ether oxygens (including phenoxy) is 8. The number of azide groups is 1. The van der Waals surface area contributed by atoms with Gasteiger partial charge in [0.05, 0.1) is 66.1 Å². The van der Waals surface area contributed by atoms with E-state index in [1.54, 1.807) is 0 Å². The second kappa shape index (κ2) is 28.9. The fourth-order valence-corrected chi connectivity index (χ4v) is 7.64. The highest BCUT2D eigenvalue weighted by Gasteiger charge is 2.52. The van der Waals surface area contributed by atoms with Gasteiger partial charge in [0.2, 0.25) is 0 Å². The number of nitrogens with zero attached hydrogens (tertiary/aromatic N) is 3. The van der Waals surface area contributed by atoms with Crippen LogP contribution < -0.4 is 0 Å². The summed E-state index contributed by atoms with van der Waals surface area (Å²) in [6.45, 7) is 1.00. The first-order valence-electron chi connectivity index (χ1n) is 21.6. The zero-order chi connectivity index (χ0) is 45.2. The molecule has 1 aliphatic heterocycles. The van der Waals surface area contributed by atoms with E-state index in [0.29, 0.717) is 0 Å². The molecular formula is C49H57N3O12P+. The van der Waals surface area contributed by atoms with E-state index in [1.165, 1.54) is 0 Å². The van der Waals surface area contributed by atoms with Crippen LogP contribution in [0.5, 0.6) is 0 Å². The van der Waals surface area contributed by atoms with E-state index in [2.05, 4.69) is 10.0 Å². The number of hydrogen-bond donors (Lipinski definition) is 1. The summed E-state index contributed by atoms with van der Waals surface area (Å²) in [5.41, 5.74) is 13.1. The standard InChI is InChI=1S/C49H57N3O12P/c50-52-51-26-27-55-28-29-62-65(54)64-47-45(36-56-31-38-16-6-1-7-17-38)63-49(48(47)60-35-42-24-14-5-15-25-42)61-37-44(58-33-40-20-10-3-11-21-40)46(59-34-41-22-12-4-13-23-41)43(30-53)57-32-39-18-8-2-9-19-39/h1-25,43-49,53H,26-37H2/q+1. The zero-order valence-corrected chi connectivity index (χ0v) is 37.1. The number of aliphatic hydroxyl groups is 1. The lowest BCUT2D eigenvalue weighted by Crippen LogP contribution is -2.48. The highest BCUT2D eigenvalue weighted by molar-refractivity contribution is 7.33. The summed E-state index contributed by atoms with van der Waals surface area (Å²) in [6, 6.07) is 48.4. The summed E-state index contributed by atoms with van der Waals surface area (Å²) < 4.78 is 76.2. The van der Waals surface area contributed by atoms with E-state index < -0.39 is 51.2 Å². The minimum atomic E-state index is -2.71. The Kier molecular flexibility index (Phi) is 22.0. The van der Waals surface area contributed by atoms with E-state index in [9.17, 15) is 9.67 Å². The van der Waals surface area contributed by atoms with Crippen molar-refractivity contribution in [1.29, 1.82) is 0 Å². The molecule has 0 spiro atoms. The summed E-state index contributed by atoms with van der Waals surface area (Å²) in [6.07, 6.45) is -6.33. The van der Waals surface area contributed by atoms with Crippen molar-refractivity contribution in [3.8, 4) is 0 Å². The van der Waals surface area contributed by atoms with Crippen LogP contribution in [-0.2, 0) is 84.5 Å². The molecule has 6 rings (SSSR count). The van der Waals surface area contributed by atoms with E-state index >= 15 is 0 Å². The van der Waals surface area contributed by atoms with Gasteiger partial charge in [-0.3, -0.25) is 0 Å². The molecule has 0 aliphatic carbocycles. The Morgan fingerprint density at radius 3 is 1.65 bits per heavy atom. The van der Waals surface area contributed by atoms with Crippen molar-refractivity contribution < 1.29 is 56.6 Å². The third kappa shape index (κ3) is 17.4. The van der Waals surface area contributed by atoms with Gasteiger partial charge in [0.15, 0.2) is 12.4 Å². The molecule has 1 fully saturated rings. The monoisotopic (exact) mass is 910 g/mol. The smallest absolute Gasteiger partial charge is 0.394 e. The van der Waals surface area contributed by atoms with Crippen molar-refractivity contribution >= 4 is 8.25 Å². The van der Waals surface area contributed by atoms with Crippen molar-refractivity contribution in [3.05, 3.63) is 190 Å². The average Bonchev–Trinajstić information content (AvgIpc) is 3.67.